The van der Waals surface area contributed by atoms with Crippen molar-refractivity contribution in [2.75, 3.05) is 40.0 Å². The van der Waals surface area contributed by atoms with Crippen molar-refractivity contribution < 1.29 is 37.0 Å². The van der Waals surface area contributed by atoms with Gasteiger partial charge in [-0.3, -0.25) is 14.4 Å². The third-order valence-electron chi connectivity index (χ3n) is 7.43. The average Bonchev–Trinajstić information content (AvgIpc) is 3.71. The van der Waals surface area contributed by atoms with E-state index in [2.05, 4.69) is 5.32 Å². The molecule has 5 rings (SSSR count). The number of nitrogens with zero attached hydrogens (tertiary/aromatic N) is 2. The molecule has 11 nitrogen and oxygen atoms in total. The van der Waals surface area contributed by atoms with Gasteiger partial charge in [-0.25, -0.2) is 12.7 Å². The average molecular weight is 572 g/mol. The molecule has 3 aliphatic rings. The van der Waals surface area contributed by atoms with Gasteiger partial charge in [0.2, 0.25) is 11.8 Å². The summed E-state index contributed by atoms with van der Waals surface area (Å²) in [7, 11) is -2.72. The smallest absolute Gasteiger partial charge is 0.269 e. The summed E-state index contributed by atoms with van der Waals surface area (Å²) < 4.78 is 43.8. The van der Waals surface area contributed by atoms with Crippen molar-refractivity contribution in [1.82, 2.24) is 14.5 Å². The van der Waals surface area contributed by atoms with Gasteiger partial charge in [0.25, 0.3) is 15.9 Å². The summed E-state index contributed by atoms with van der Waals surface area (Å²) in [5.74, 6) is -1.43. The molecule has 2 aromatic carbocycles. The number of amides is 3. The van der Waals surface area contributed by atoms with Crippen molar-refractivity contribution in [3.05, 3.63) is 59.7 Å². The highest BCUT2D eigenvalue weighted by atomic mass is 32.2. The first-order chi connectivity index (χ1) is 19.3. The van der Waals surface area contributed by atoms with Crippen LogP contribution in [0.1, 0.15) is 47.6 Å². The molecule has 0 aliphatic carbocycles. The maximum absolute atomic E-state index is 14.0. The zero-order chi connectivity index (χ0) is 28.3. The van der Waals surface area contributed by atoms with Crippen LogP contribution in [-0.4, -0.2) is 87.5 Å². The number of fused-ring (bicyclic) bond motifs is 1. The van der Waals surface area contributed by atoms with Crippen molar-refractivity contribution in [2.45, 2.75) is 48.8 Å². The lowest BCUT2D eigenvalue weighted by molar-refractivity contribution is -0.142. The highest BCUT2D eigenvalue weighted by molar-refractivity contribution is 7.90. The lowest BCUT2D eigenvalue weighted by atomic mass is 10.0. The van der Waals surface area contributed by atoms with E-state index < -0.39 is 40.3 Å². The van der Waals surface area contributed by atoms with Crippen LogP contribution in [0.3, 0.4) is 0 Å². The SMILES string of the molecule is COc1cccc([C@H](C(=O)NC[C@H]2CCCO2)N(C[C@H]2CCCO2)C(=O)CN2C(=O)c3ccccc3S2(=O)=O)c1. The highest BCUT2D eigenvalue weighted by Crippen LogP contribution is 2.32. The second kappa shape index (κ2) is 11.9. The molecular weight excluding hydrogens is 538 g/mol. The molecular formula is C28H33N3O8S. The normalized spacial score (nSPS) is 22.1. The first-order valence-electron chi connectivity index (χ1n) is 13.4. The molecule has 12 heteroatoms. The first-order valence-corrected chi connectivity index (χ1v) is 14.8. The molecule has 3 amide bonds. The molecule has 0 aromatic heterocycles. The van der Waals surface area contributed by atoms with E-state index in [0.29, 0.717) is 35.3 Å². The Labute approximate surface area is 233 Å². The molecule has 2 fully saturated rings. The molecule has 3 aliphatic heterocycles. The molecule has 2 saturated heterocycles. The van der Waals surface area contributed by atoms with Gasteiger partial charge in [0.05, 0.1) is 24.9 Å². The van der Waals surface area contributed by atoms with Crippen molar-refractivity contribution in [3.8, 4) is 5.75 Å². The topological polar surface area (TPSA) is 132 Å². The molecule has 0 spiro atoms. The van der Waals surface area contributed by atoms with Crippen LogP contribution < -0.4 is 10.1 Å². The molecule has 0 radical (unpaired) electrons. The number of sulfonamides is 1. The first kappa shape index (κ1) is 28.1. The fourth-order valence-corrected chi connectivity index (χ4v) is 6.88. The minimum atomic E-state index is -4.23. The summed E-state index contributed by atoms with van der Waals surface area (Å²) in [4.78, 5) is 42.0. The van der Waals surface area contributed by atoms with E-state index in [1.54, 1.807) is 30.3 Å². The molecule has 0 saturated carbocycles. The summed E-state index contributed by atoms with van der Waals surface area (Å²) >= 11 is 0. The number of hydrogen-bond donors (Lipinski definition) is 1. The lowest BCUT2D eigenvalue weighted by Gasteiger charge is -2.34. The Hall–Kier alpha value is -3.48. The maximum atomic E-state index is 14.0. The van der Waals surface area contributed by atoms with Gasteiger partial charge in [0.1, 0.15) is 23.2 Å². The lowest BCUT2D eigenvalue weighted by Crippen LogP contribution is -2.51. The van der Waals surface area contributed by atoms with Crippen LogP contribution in [0, 0.1) is 0 Å². The molecule has 0 bridgehead atoms. The maximum Gasteiger partial charge on any atom is 0.269 e. The van der Waals surface area contributed by atoms with E-state index in [4.69, 9.17) is 14.2 Å². The number of ether oxygens (including phenoxy) is 3. The molecule has 3 heterocycles. The van der Waals surface area contributed by atoms with Crippen molar-refractivity contribution in [2.24, 2.45) is 0 Å². The molecule has 2 aromatic rings. The monoisotopic (exact) mass is 571 g/mol. The Morgan fingerprint density at radius 1 is 1.07 bits per heavy atom. The van der Waals surface area contributed by atoms with Crippen molar-refractivity contribution >= 4 is 27.7 Å². The second-order valence-electron chi connectivity index (χ2n) is 10.1. The predicted molar refractivity (Wildman–Crippen MR) is 143 cm³/mol. The van der Waals surface area contributed by atoms with E-state index in [9.17, 15) is 22.8 Å². The van der Waals surface area contributed by atoms with Gasteiger partial charge in [-0.2, -0.15) is 0 Å². The Morgan fingerprint density at radius 3 is 2.48 bits per heavy atom. The second-order valence-corrected chi connectivity index (χ2v) is 11.9. The van der Waals surface area contributed by atoms with E-state index >= 15 is 0 Å². The zero-order valence-corrected chi connectivity index (χ0v) is 23.1. The number of benzene rings is 2. The molecule has 40 heavy (non-hydrogen) atoms. The summed E-state index contributed by atoms with van der Waals surface area (Å²) in [6.07, 6.45) is 2.74. The Balaban J connectivity index is 1.47. The van der Waals surface area contributed by atoms with Crippen LogP contribution in [0.4, 0.5) is 0 Å². The number of carbonyl (C=O) groups excluding carboxylic acids is 3. The Morgan fingerprint density at radius 2 is 1.80 bits per heavy atom. The quantitative estimate of drug-likeness (QED) is 0.458. The minimum absolute atomic E-state index is 0.0135. The van der Waals surface area contributed by atoms with Crippen LogP contribution in [0.2, 0.25) is 0 Å². The summed E-state index contributed by atoms with van der Waals surface area (Å²) in [5, 5.41) is 2.92. The standard InChI is InChI=1S/C28H33N3O8S/c1-37-20-8-4-7-19(15-20)26(27(33)29-16-21-9-5-13-38-21)30(17-22-10-6-14-39-22)25(32)18-31-28(34)23-11-2-3-12-24(23)40(31,35)36/h2-4,7-8,11-12,15,21-22,26H,5-6,9-10,13-14,16-18H2,1H3,(H,29,33)/t21-,22-,26-/m1/s1. The van der Waals surface area contributed by atoms with E-state index in [1.807, 2.05) is 0 Å². The van der Waals surface area contributed by atoms with Gasteiger partial charge < -0.3 is 24.4 Å². The van der Waals surface area contributed by atoms with Gasteiger partial charge in [-0.05, 0) is 55.5 Å². The summed E-state index contributed by atoms with van der Waals surface area (Å²) in [5.41, 5.74) is 0.494. The van der Waals surface area contributed by atoms with E-state index in [0.717, 1.165) is 19.3 Å². The third-order valence-corrected chi connectivity index (χ3v) is 9.22. The van der Waals surface area contributed by atoms with Gasteiger partial charge in [-0.1, -0.05) is 24.3 Å². The summed E-state index contributed by atoms with van der Waals surface area (Å²) in [6.45, 7) is 0.723. The zero-order valence-electron chi connectivity index (χ0n) is 22.3. The number of rotatable bonds is 10. The third kappa shape index (κ3) is 5.70. The largest absolute Gasteiger partial charge is 0.497 e. The fourth-order valence-electron chi connectivity index (χ4n) is 5.36. The van der Waals surface area contributed by atoms with Gasteiger partial charge in [0.15, 0.2) is 0 Å². The van der Waals surface area contributed by atoms with Crippen LogP contribution in [0.5, 0.6) is 5.75 Å². The van der Waals surface area contributed by atoms with Crippen molar-refractivity contribution in [1.29, 1.82) is 0 Å². The van der Waals surface area contributed by atoms with Crippen LogP contribution in [0.15, 0.2) is 53.4 Å². The molecule has 1 N–H and O–H groups in total. The van der Waals surface area contributed by atoms with Gasteiger partial charge >= 0.3 is 0 Å². The predicted octanol–water partition coefficient (Wildman–Crippen LogP) is 1.88. The highest BCUT2D eigenvalue weighted by Gasteiger charge is 2.44. The van der Waals surface area contributed by atoms with Crippen LogP contribution in [-0.2, 0) is 29.1 Å². The Bertz CT molecular complexity index is 1370. The molecule has 214 valence electrons. The van der Waals surface area contributed by atoms with Crippen LogP contribution in [0.25, 0.3) is 0 Å². The van der Waals surface area contributed by atoms with E-state index in [1.165, 1.54) is 30.2 Å². The molecule has 0 unspecified atom stereocenters. The number of nitrogens with one attached hydrogen (secondary N) is 1. The number of hydrogen-bond acceptors (Lipinski definition) is 8. The molecule has 3 atom stereocenters. The summed E-state index contributed by atoms with van der Waals surface area (Å²) in [6, 6.07) is 11.5. The number of methoxy groups -OCH3 is 1. The number of carbonyl (C=O) groups is 3. The van der Waals surface area contributed by atoms with Gasteiger partial charge in [-0.15, -0.1) is 0 Å². The Kier molecular flexibility index (Phi) is 8.38. The van der Waals surface area contributed by atoms with Crippen molar-refractivity contribution in [3.63, 3.8) is 0 Å². The van der Waals surface area contributed by atoms with Crippen LogP contribution >= 0.6 is 0 Å². The minimum Gasteiger partial charge on any atom is -0.497 e. The van der Waals surface area contributed by atoms with Gasteiger partial charge in [0, 0.05) is 26.3 Å². The van der Waals surface area contributed by atoms with E-state index in [-0.39, 0.29) is 35.8 Å². The fraction of sp³-hybridized carbons (Fsp3) is 0.464.